The second-order valence-corrected chi connectivity index (χ2v) is 2.92. The highest BCUT2D eigenvalue weighted by molar-refractivity contribution is 5.98. The van der Waals surface area contributed by atoms with Crippen LogP contribution < -0.4 is 5.32 Å². The molecule has 0 bridgehead atoms. The zero-order chi connectivity index (χ0) is 9.14. The number of carboxylic acids is 1. The molecule has 0 saturated heterocycles. The van der Waals surface area contributed by atoms with Crippen molar-refractivity contribution >= 4 is 11.9 Å². The molecule has 1 aliphatic rings. The summed E-state index contributed by atoms with van der Waals surface area (Å²) in [5.41, 5.74) is 0.192. The molecular formula is C8H11NO3. The lowest BCUT2D eigenvalue weighted by molar-refractivity contribution is -0.133. The van der Waals surface area contributed by atoms with Crippen LogP contribution >= 0.6 is 0 Å². The zero-order valence-corrected chi connectivity index (χ0v) is 6.83. The Kier molecular flexibility index (Phi) is 2.47. The lowest BCUT2D eigenvalue weighted by Crippen LogP contribution is -2.29. The monoisotopic (exact) mass is 169 g/mol. The third kappa shape index (κ3) is 2.08. The number of carboxylic acid groups (broad SMARTS) is 1. The number of amides is 1. The summed E-state index contributed by atoms with van der Waals surface area (Å²) in [6, 6.07) is 0.0607. The van der Waals surface area contributed by atoms with E-state index >= 15 is 0 Å². The van der Waals surface area contributed by atoms with Gasteiger partial charge in [-0.1, -0.05) is 0 Å². The van der Waals surface area contributed by atoms with Gasteiger partial charge in [0, 0.05) is 17.7 Å². The molecule has 0 fully saturated rings. The van der Waals surface area contributed by atoms with Gasteiger partial charge in [0.15, 0.2) is 0 Å². The predicted molar refractivity (Wildman–Crippen MR) is 42.6 cm³/mol. The highest BCUT2D eigenvalue weighted by atomic mass is 16.4. The van der Waals surface area contributed by atoms with Gasteiger partial charge < -0.3 is 10.4 Å². The molecule has 0 aliphatic carbocycles. The van der Waals surface area contributed by atoms with E-state index in [1.54, 1.807) is 0 Å². The molecule has 1 rings (SSSR count). The minimum atomic E-state index is -1.00. The lowest BCUT2D eigenvalue weighted by atomic mass is 10.1. The molecular weight excluding hydrogens is 158 g/mol. The van der Waals surface area contributed by atoms with Gasteiger partial charge >= 0.3 is 5.97 Å². The normalized spacial score (nSPS) is 23.9. The number of hydrogen-bond donors (Lipinski definition) is 2. The van der Waals surface area contributed by atoms with Crippen molar-refractivity contribution in [2.75, 3.05) is 0 Å². The Labute approximate surface area is 70.3 Å². The summed E-state index contributed by atoms with van der Waals surface area (Å²) in [4.78, 5) is 21.5. The molecule has 0 radical (unpaired) electrons. The van der Waals surface area contributed by atoms with Crippen molar-refractivity contribution in [3.05, 3.63) is 11.6 Å². The standard InChI is InChI=1S/C8H11NO3/c1-5-2-3-6(8(11)12)4-7(10)9-5/h4-5H,2-3H2,1H3,(H,9,10)(H,11,12)/t5-/m1/s1. The van der Waals surface area contributed by atoms with E-state index in [0.717, 1.165) is 6.08 Å². The van der Waals surface area contributed by atoms with Gasteiger partial charge in [-0.3, -0.25) is 4.79 Å². The van der Waals surface area contributed by atoms with E-state index in [0.29, 0.717) is 12.8 Å². The molecule has 0 aromatic carbocycles. The summed E-state index contributed by atoms with van der Waals surface area (Å²) in [6.45, 7) is 1.86. The van der Waals surface area contributed by atoms with E-state index in [-0.39, 0.29) is 17.5 Å². The number of hydrogen-bond acceptors (Lipinski definition) is 2. The summed E-state index contributed by atoms with van der Waals surface area (Å²) >= 11 is 0. The molecule has 0 saturated carbocycles. The third-order valence-electron chi connectivity index (χ3n) is 1.82. The van der Waals surface area contributed by atoms with E-state index in [1.807, 2.05) is 6.92 Å². The van der Waals surface area contributed by atoms with Crippen molar-refractivity contribution in [3.63, 3.8) is 0 Å². The van der Waals surface area contributed by atoms with Crippen molar-refractivity contribution in [1.29, 1.82) is 0 Å². The molecule has 1 aliphatic heterocycles. The SMILES string of the molecule is C[C@@H]1CCC(C(=O)O)=CC(=O)N1. The fraction of sp³-hybridized carbons (Fsp3) is 0.500. The quantitative estimate of drug-likeness (QED) is 0.593. The summed E-state index contributed by atoms with van der Waals surface area (Å²) in [5, 5.41) is 11.3. The van der Waals surface area contributed by atoms with E-state index < -0.39 is 5.97 Å². The Morgan fingerprint density at radius 1 is 1.75 bits per heavy atom. The van der Waals surface area contributed by atoms with Gasteiger partial charge in [0.05, 0.1) is 0 Å². The zero-order valence-electron chi connectivity index (χ0n) is 6.83. The minimum absolute atomic E-state index is 0.0607. The van der Waals surface area contributed by atoms with Crippen molar-refractivity contribution in [2.24, 2.45) is 0 Å². The van der Waals surface area contributed by atoms with Crippen LogP contribution in [0.25, 0.3) is 0 Å². The number of carbonyl (C=O) groups is 2. The molecule has 4 heteroatoms. The second-order valence-electron chi connectivity index (χ2n) is 2.92. The smallest absolute Gasteiger partial charge is 0.331 e. The molecule has 66 valence electrons. The maximum absolute atomic E-state index is 11.0. The van der Waals surface area contributed by atoms with Gasteiger partial charge in [0.1, 0.15) is 0 Å². The first-order valence-corrected chi connectivity index (χ1v) is 3.84. The van der Waals surface area contributed by atoms with E-state index in [2.05, 4.69) is 5.32 Å². The van der Waals surface area contributed by atoms with Crippen LogP contribution in [0.3, 0.4) is 0 Å². The molecule has 2 N–H and O–H groups in total. The molecule has 12 heavy (non-hydrogen) atoms. The third-order valence-corrected chi connectivity index (χ3v) is 1.82. The van der Waals surface area contributed by atoms with Crippen molar-refractivity contribution < 1.29 is 14.7 Å². The first-order valence-electron chi connectivity index (χ1n) is 3.84. The van der Waals surface area contributed by atoms with Crippen LogP contribution in [0, 0.1) is 0 Å². The van der Waals surface area contributed by atoms with Crippen LogP contribution in [0.5, 0.6) is 0 Å². The van der Waals surface area contributed by atoms with Crippen LogP contribution in [0.2, 0.25) is 0 Å². The molecule has 0 spiro atoms. The van der Waals surface area contributed by atoms with Crippen LogP contribution in [0.15, 0.2) is 11.6 Å². The Morgan fingerprint density at radius 3 is 3.00 bits per heavy atom. The lowest BCUT2D eigenvalue weighted by Gasteiger charge is -2.07. The highest BCUT2D eigenvalue weighted by Gasteiger charge is 2.16. The molecule has 0 aromatic rings. The van der Waals surface area contributed by atoms with Crippen molar-refractivity contribution in [3.8, 4) is 0 Å². The van der Waals surface area contributed by atoms with Gasteiger partial charge in [-0.2, -0.15) is 0 Å². The maximum Gasteiger partial charge on any atom is 0.331 e. The van der Waals surface area contributed by atoms with Crippen molar-refractivity contribution in [2.45, 2.75) is 25.8 Å². The number of rotatable bonds is 1. The first kappa shape index (κ1) is 8.77. The minimum Gasteiger partial charge on any atom is -0.478 e. The molecule has 1 amide bonds. The van der Waals surface area contributed by atoms with E-state index in [4.69, 9.17) is 5.11 Å². The maximum atomic E-state index is 11.0. The van der Waals surface area contributed by atoms with Gasteiger partial charge in [-0.05, 0) is 19.8 Å². The number of carbonyl (C=O) groups excluding carboxylic acids is 1. The Morgan fingerprint density at radius 2 is 2.42 bits per heavy atom. The van der Waals surface area contributed by atoms with Gasteiger partial charge in [-0.15, -0.1) is 0 Å². The average molecular weight is 169 g/mol. The molecule has 1 heterocycles. The van der Waals surface area contributed by atoms with Gasteiger partial charge in [0.25, 0.3) is 0 Å². The highest BCUT2D eigenvalue weighted by Crippen LogP contribution is 2.11. The fourth-order valence-electron chi connectivity index (χ4n) is 1.13. The van der Waals surface area contributed by atoms with Gasteiger partial charge in [-0.25, -0.2) is 4.79 Å². The molecule has 1 atom stereocenters. The topological polar surface area (TPSA) is 66.4 Å². The fourth-order valence-corrected chi connectivity index (χ4v) is 1.13. The van der Waals surface area contributed by atoms with Crippen LogP contribution in [-0.4, -0.2) is 23.0 Å². The van der Waals surface area contributed by atoms with Crippen LogP contribution in [-0.2, 0) is 9.59 Å². The van der Waals surface area contributed by atoms with Crippen LogP contribution in [0.4, 0.5) is 0 Å². The Balaban J connectivity index is 2.76. The summed E-state index contributed by atoms with van der Waals surface area (Å²) in [6.07, 6.45) is 2.30. The van der Waals surface area contributed by atoms with E-state index in [1.165, 1.54) is 0 Å². The first-order chi connectivity index (χ1) is 5.59. The average Bonchev–Trinajstić information content (AvgIpc) is 2.11. The second kappa shape index (κ2) is 3.38. The molecule has 4 nitrogen and oxygen atoms in total. The Bertz CT molecular complexity index is 245. The van der Waals surface area contributed by atoms with Crippen molar-refractivity contribution in [1.82, 2.24) is 5.32 Å². The summed E-state index contributed by atoms with van der Waals surface area (Å²) in [5.74, 6) is -1.31. The summed E-state index contributed by atoms with van der Waals surface area (Å²) < 4.78 is 0. The predicted octanol–water partition coefficient (Wildman–Crippen LogP) is 0.296. The van der Waals surface area contributed by atoms with Gasteiger partial charge in [0.2, 0.25) is 5.91 Å². The van der Waals surface area contributed by atoms with Crippen LogP contribution in [0.1, 0.15) is 19.8 Å². The molecule has 0 unspecified atom stereocenters. The number of nitrogens with one attached hydrogen (secondary N) is 1. The summed E-state index contributed by atoms with van der Waals surface area (Å²) in [7, 11) is 0. The largest absolute Gasteiger partial charge is 0.478 e. The Hall–Kier alpha value is -1.32. The van der Waals surface area contributed by atoms with E-state index in [9.17, 15) is 9.59 Å². The molecule has 0 aromatic heterocycles. The number of aliphatic carboxylic acids is 1.